The van der Waals surface area contributed by atoms with Gasteiger partial charge in [-0.1, -0.05) is 67.6 Å². The molecule has 0 fully saturated rings. The molecule has 0 unspecified atom stereocenters. The molecule has 0 N–H and O–H groups in total. The van der Waals surface area contributed by atoms with Crippen molar-refractivity contribution in [2.75, 3.05) is 6.54 Å². The number of carbonyl (C=O) groups is 1. The summed E-state index contributed by atoms with van der Waals surface area (Å²) >= 11 is 0. The summed E-state index contributed by atoms with van der Waals surface area (Å²) in [6, 6.07) is 22.1. The van der Waals surface area contributed by atoms with E-state index in [1.54, 1.807) is 24.3 Å². The quantitative estimate of drug-likeness (QED) is 0.287. The second kappa shape index (κ2) is 9.13. The first-order valence-electron chi connectivity index (χ1n) is 9.41. The minimum atomic E-state index is -0.650. The van der Waals surface area contributed by atoms with Gasteiger partial charge in [0.05, 0.1) is 12.2 Å². The summed E-state index contributed by atoms with van der Waals surface area (Å²) < 4.78 is 5.54. The fourth-order valence-corrected chi connectivity index (χ4v) is 3.88. The standard InChI is InChI=1S/C23H23NO4/c1-2-19(17-10-5-3-6-11-17)22(23(25)18-12-7-4-8-13-18)20(16-24(26)27)21-14-9-15-28-21/h3-15,19-20,22H,2,16H2,1H3/t19-,20+,22+/m1/s1. The van der Waals surface area contributed by atoms with E-state index in [-0.39, 0.29) is 23.2 Å². The van der Waals surface area contributed by atoms with Crippen molar-refractivity contribution in [1.29, 1.82) is 0 Å². The van der Waals surface area contributed by atoms with Crippen LogP contribution in [0.4, 0.5) is 0 Å². The van der Waals surface area contributed by atoms with Gasteiger partial charge in [-0.3, -0.25) is 14.9 Å². The van der Waals surface area contributed by atoms with Gasteiger partial charge in [-0.05, 0) is 30.0 Å². The van der Waals surface area contributed by atoms with Gasteiger partial charge in [0.1, 0.15) is 5.76 Å². The Balaban J connectivity index is 2.11. The van der Waals surface area contributed by atoms with E-state index in [1.807, 2.05) is 55.5 Å². The van der Waals surface area contributed by atoms with Crippen molar-refractivity contribution in [3.8, 4) is 0 Å². The molecule has 3 atom stereocenters. The van der Waals surface area contributed by atoms with Crippen molar-refractivity contribution in [3.05, 3.63) is 106 Å². The molecular formula is C23H23NO4. The molecule has 0 amide bonds. The molecular weight excluding hydrogens is 354 g/mol. The molecule has 1 aromatic heterocycles. The third-order valence-corrected chi connectivity index (χ3v) is 5.15. The Morgan fingerprint density at radius 2 is 1.61 bits per heavy atom. The van der Waals surface area contributed by atoms with Gasteiger partial charge in [0, 0.05) is 16.4 Å². The second-order valence-electron chi connectivity index (χ2n) is 6.82. The van der Waals surface area contributed by atoms with Gasteiger partial charge in [0.15, 0.2) is 5.78 Å². The highest BCUT2D eigenvalue weighted by Crippen LogP contribution is 2.40. The van der Waals surface area contributed by atoms with Gasteiger partial charge in [-0.25, -0.2) is 0 Å². The van der Waals surface area contributed by atoms with E-state index < -0.39 is 11.8 Å². The van der Waals surface area contributed by atoms with Crippen LogP contribution in [0.15, 0.2) is 83.5 Å². The van der Waals surface area contributed by atoms with Gasteiger partial charge >= 0.3 is 0 Å². The predicted octanol–water partition coefficient (Wildman–Crippen LogP) is 5.33. The van der Waals surface area contributed by atoms with Crippen LogP contribution in [-0.2, 0) is 0 Å². The third-order valence-electron chi connectivity index (χ3n) is 5.15. The molecule has 144 valence electrons. The SMILES string of the molecule is CC[C@H](c1ccccc1)[C@H](C(=O)c1ccccc1)[C@@H](C[N+](=O)[O-])c1ccco1. The second-order valence-corrected chi connectivity index (χ2v) is 6.82. The molecule has 0 aliphatic rings. The van der Waals surface area contributed by atoms with Crippen molar-refractivity contribution < 1.29 is 14.1 Å². The molecule has 3 rings (SSSR count). The van der Waals surface area contributed by atoms with E-state index in [2.05, 4.69) is 0 Å². The first-order chi connectivity index (χ1) is 13.6. The molecule has 0 saturated carbocycles. The lowest BCUT2D eigenvalue weighted by atomic mass is 9.72. The Hall–Kier alpha value is -3.21. The molecule has 0 aliphatic carbocycles. The summed E-state index contributed by atoms with van der Waals surface area (Å²) in [5.74, 6) is -1.04. The number of nitrogens with zero attached hydrogens (tertiary/aromatic N) is 1. The normalized spacial score (nSPS) is 14.2. The number of furan rings is 1. The highest BCUT2D eigenvalue weighted by molar-refractivity contribution is 5.99. The lowest BCUT2D eigenvalue weighted by molar-refractivity contribution is -0.485. The molecule has 1 heterocycles. The maximum absolute atomic E-state index is 13.6. The molecule has 2 aromatic carbocycles. The zero-order valence-corrected chi connectivity index (χ0v) is 15.7. The molecule has 3 aromatic rings. The van der Waals surface area contributed by atoms with E-state index in [9.17, 15) is 14.9 Å². The smallest absolute Gasteiger partial charge is 0.214 e. The maximum atomic E-state index is 13.6. The zero-order valence-electron chi connectivity index (χ0n) is 15.7. The number of nitro groups is 1. The first kappa shape index (κ1) is 19.5. The summed E-state index contributed by atoms with van der Waals surface area (Å²) in [4.78, 5) is 24.7. The summed E-state index contributed by atoms with van der Waals surface area (Å²) in [7, 11) is 0. The highest BCUT2D eigenvalue weighted by atomic mass is 16.6. The van der Waals surface area contributed by atoms with Gasteiger partial charge < -0.3 is 4.42 Å². The number of carbonyl (C=O) groups excluding carboxylic acids is 1. The zero-order chi connectivity index (χ0) is 19.9. The Morgan fingerprint density at radius 1 is 0.964 bits per heavy atom. The van der Waals surface area contributed by atoms with Crippen molar-refractivity contribution >= 4 is 5.78 Å². The highest BCUT2D eigenvalue weighted by Gasteiger charge is 2.40. The number of rotatable bonds is 9. The van der Waals surface area contributed by atoms with Gasteiger partial charge in [0.25, 0.3) is 0 Å². The lowest BCUT2D eigenvalue weighted by Crippen LogP contribution is -2.32. The van der Waals surface area contributed by atoms with Gasteiger partial charge in [-0.15, -0.1) is 0 Å². The van der Waals surface area contributed by atoms with Crippen LogP contribution < -0.4 is 0 Å². The molecule has 0 aliphatic heterocycles. The van der Waals surface area contributed by atoms with Gasteiger partial charge in [-0.2, -0.15) is 0 Å². The average molecular weight is 377 g/mol. The van der Waals surface area contributed by atoms with Crippen molar-refractivity contribution in [2.45, 2.75) is 25.2 Å². The maximum Gasteiger partial charge on any atom is 0.214 e. The number of benzene rings is 2. The summed E-state index contributed by atoms with van der Waals surface area (Å²) in [5.41, 5.74) is 1.56. The van der Waals surface area contributed by atoms with E-state index in [0.29, 0.717) is 17.7 Å². The Bertz CT molecular complexity index is 891. The van der Waals surface area contributed by atoms with Crippen LogP contribution in [0.3, 0.4) is 0 Å². The number of hydrogen-bond donors (Lipinski definition) is 0. The summed E-state index contributed by atoms with van der Waals surface area (Å²) in [5, 5.41) is 11.5. The van der Waals surface area contributed by atoms with Crippen molar-refractivity contribution in [2.24, 2.45) is 5.92 Å². The van der Waals surface area contributed by atoms with Gasteiger partial charge in [0.2, 0.25) is 6.54 Å². The van der Waals surface area contributed by atoms with Crippen LogP contribution in [0.5, 0.6) is 0 Å². The van der Waals surface area contributed by atoms with Crippen LogP contribution in [0.1, 0.15) is 46.9 Å². The van der Waals surface area contributed by atoms with Crippen LogP contribution in [0, 0.1) is 16.0 Å². The fourth-order valence-electron chi connectivity index (χ4n) is 3.88. The van der Waals surface area contributed by atoms with Crippen LogP contribution >= 0.6 is 0 Å². The molecule has 0 saturated heterocycles. The fraction of sp³-hybridized carbons (Fsp3) is 0.261. The monoisotopic (exact) mass is 377 g/mol. The molecule has 0 bridgehead atoms. The minimum Gasteiger partial charge on any atom is -0.469 e. The topological polar surface area (TPSA) is 73.3 Å². The van der Waals surface area contributed by atoms with E-state index >= 15 is 0 Å². The number of hydrogen-bond acceptors (Lipinski definition) is 4. The number of Topliss-reactive ketones (excluding diaryl/α,β-unsaturated/α-hetero) is 1. The number of ketones is 1. The Labute approximate surface area is 164 Å². The average Bonchev–Trinajstić information content (AvgIpc) is 3.26. The van der Waals surface area contributed by atoms with E-state index in [4.69, 9.17) is 4.42 Å². The molecule has 28 heavy (non-hydrogen) atoms. The van der Waals surface area contributed by atoms with Crippen LogP contribution in [-0.4, -0.2) is 17.3 Å². The Morgan fingerprint density at radius 3 is 2.14 bits per heavy atom. The third kappa shape index (κ3) is 4.36. The van der Waals surface area contributed by atoms with Crippen LogP contribution in [0.2, 0.25) is 0 Å². The minimum absolute atomic E-state index is 0.0976. The lowest BCUT2D eigenvalue weighted by Gasteiger charge is -2.30. The molecule has 5 heteroatoms. The summed E-state index contributed by atoms with van der Waals surface area (Å²) in [6.07, 6.45) is 2.18. The molecule has 5 nitrogen and oxygen atoms in total. The van der Waals surface area contributed by atoms with E-state index in [0.717, 1.165) is 5.56 Å². The van der Waals surface area contributed by atoms with Crippen molar-refractivity contribution in [1.82, 2.24) is 0 Å². The molecule has 0 radical (unpaired) electrons. The molecule has 0 spiro atoms. The summed E-state index contributed by atoms with van der Waals surface area (Å²) in [6.45, 7) is 1.65. The Kier molecular flexibility index (Phi) is 6.37. The largest absolute Gasteiger partial charge is 0.469 e. The van der Waals surface area contributed by atoms with Crippen LogP contribution in [0.25, 0.3) is 0 Å². The van der Waals surface area contributed by atoms with Crippen molar-refractivity contribution in [3.63, 3.8) is 0 Å². The first-order valence-corrected chi connectivity index (χ1v) is 9.41. The predicted molar refractivity (Wildman–Crippen MR) is 107 cm³/mol. The van der Waals surface area contributed by atoms with E-state index in [1.165, 1.54) is 6.26 Å².